The molecule has 12 nitrogen and oxygen atoms in total. The molecule has 4 atom stereocenters. The first-order chi connectivity index (χ1) is 15.0. The van der Waals surface area contributed by atoms with Crippen LogP contribution in [0.2, 0.25) is 0 Å². The number of hydrogen-bond donors (Lipinski definition) is 5. The van der Waals surface area contributed by atoms with Gasteiger partial charge in [-0.05, 0) is 26.2 Å². The number of Topliss-reactive ketones (excluding diaryl/α,β-unsaturated/α-hetero) is 1. The Balaban J connectivity index is 0. The molecule has 0 saturated heterocycles. The average molecular weight is 657 g/mol. The van der Waals surface area contributed by atoms with Gasteiger partial charge >= 0.3 is 17.9 Å². The molecule has 1 unspecified atom stereocenters. The van der Waals surface area contributed by atoms with Crippen LogP contribution in [0.3, 0.4) is 0 Å². The fourth-order valence-electron chi connectivity index (χ4n) is 2.95. The number of aliphatic carboxylic acids is 2. The Hall–Kier alpha value is -1.88. The number of nitrogens with one attached hydrogen (secondary N) is 1. The van der Waals surface area contributed by atoms with E-state index in [0.29, 0.717) is 25.7 Å². The van der Waals surface area contributed by atoms with Gasteiger partial charge in [0, 0.05) is 39.6 Å². The van der Waals surface area contributed by atoms with Crippen LogP contribution in [-0.4, -0.2) is 77.3 Å². The second-order valence-corrected chi connectivity index (χ2v) is 7.58. The van der Waals surface area contributed by atoms with E-state index in [1.807, 2.05) is 0 Å². The summed E-state index contributed by atoms with van der Waals surface area (Å²) in [5.74, 6) is -4.68. The average Bonchev–Trinajstić information content (AvgIpc) is 2.70. The number of carbonyl (C=O) groups excluding carboxylic acids is 3. The molecule has 7 N–H and O–H groups in total. The van der Waals surface area contributed by atoms with Gasteiger partial charge in [0.25, 0.3) is 0 Å². The molecule has 1 amide bonds. The molecule has 0 spiro atoms. The van der Waals surface area contributed by atoms with Crippen LogP contribution in [0, 0.1) is 0 Å². The molecule has 0 aromatic carbocycles. The van der Waals surface area contributed by atoms with Crippen LogP contribution < -0.4 is 16.8 Å². The zero-order chi connectivity index (χ0) is 24.7. The molecule has 13 heteroatoms. The molecule has 1 fully saturated rings. The number of ketones is 1. The molecule has 0 aromatic rings. The predicted molar refractivity (Wildman–Crippen MR) is 113 cm³/mol. The van der Waals surface area contributed by atoms with Crippen molar-refractivity contribution in [1.29, 1.82) is 0 Å². The quantitative estimate of drug-likeness (QED) is 0.109. The molecular weight excluding hydrogens is 621 g/mol. The van der Waals surface area contributed by atoms with Crippen molar-refractivity contribution < 1.29 is 64.7 Å². The SMILES string of the molecule is CCCCCC(NC(=O)COCC(=O)O[C@@H]1CC[C@@H](N)[C@H](N)C1)C(C)=O.O=C(O)C(=O)O.[Pt]. The molecular formula is C20H35N3O9Pt. The molecule has 1 aliphatic rings. The number of ether oxygens (including phenoxy) is 2. The standard InChI is InChI=1S/C18H33N3O5.C2H2O4.Pt/c1-3-4-5-6-16(12(2)22)21-17(23)10-25-11-18(24)26-13-7-8-14(19)15(20)9-13;3-1(4)2(5)6;/h13-16H,3-11,19-20H2,1-2H3,(H,21,23);(H,3,4)(H,5,6);/t13-,14-,15-,16?;;/m1../s1. The summed E-state index contributed by atoms with van der Waals surface area (Å²) >= 11 is 0. The van der Waals surface area contributed by atoms with Gasteiger partial charge in [-0.15, -0.1) is 0 Å². The number of rotatable bonds is 11. The summed E-state index contributed by atoms with van der Waals surface area (Å²) in [7, 11) is 0. The minimum atomic E-state index is -1.82. The van der Waals surface area contributed by atoms with E-state index < -0.39 is 29.9 Å². The Morgan fingerprint density at radius 2 is 1.61 bits per heavy atom. The number of nitrogens with two attached hydrogens (primary N) is 2. The minimum Gasteiger partial charge on any atom is -0.473 e. The number of carbonyl (C=O) groups is 5. The fourth-order valence-corrected chi connectivity index (χ4v) is 2.95. The van der Waals surface area contributed by atoms with Gasteiger partial charge < -0.3 is 36.5 Å². The maximum absolute atomic E-state index is 11.9. The summed E-state index contributed by atoms with van der Waals surface area (Å²) in [5.41, 5.74) is 11.7. The number of unbranched alkanes of at least 4 members (excludes halogenated alkanes) is 2. The Morgan fingerprint density at radius 3 is 2.09 bits per heavy atom. The van der Waals surface area contributed by atoms with Crippen LogP contribution in [0.4, 0.5) is 0 Å². The van der Waals surface area contributed by atoms with Gasteiger partial charge in [0.05, 0.1) is 6.04 Å². The maximum Gasteiger partial charge on any atom is 0.414 e. The van der Waals surface area contributed by atoms with Gasteiger partial charge in [-0.3, -0.25) is 9.59 Å². The maximum atomic E-state index is 11.9. The van der Waals surface area contributed by atoms with Crippen molar-refractivity contribution in [3.8, 4) is 0 Å². The van der Waals surface area contributed by atoms with Crippen molar-refractivity contribution in [3.63, 3.8) is 0 Å². The predicted octanol–water partition coefficient (Wildman–Crippen LogP) is -0.439. The second-order valence-electron chi connectivity index (χ2n) is 7.58. The first-order valence-corrected chi connectivity index (χ1v) is 10.5. The van der Waals surface area contributed by atoms with Crippen molar-refractivity contribution in [3.05, 3.63) is 0 Å². The van der Waals surface area contributed by atoms with Gasteiger partial charge in [0.1, 0.15) is 19.3 Å². The van der Waals surface area contributed by atoms with Crippen LogP contribution in [-0.2, 0) is 54.5 Å². The third-order valence-electron chi connectivity index (χ3n) is 4.76. The van der Waals surface area contributed by atoms with Crippen LogP contribution in [0.5, 0.6) is 0 Å². The first-order valence-electron chi connectivity index (χ1n) is 10.5. The number of hydrogen-bond acceptors (Lipinski definition) is 9. The summed E-state index contributed by atoms with van der Waals surface area (Å²) in [4.78, 5) is 53.4. The summed E-state index contributed by atoms with van der Waals surface area (Å²) in [6.07, 6.45) is 5.22. The number of esters is 1. The summed E-state index contributed by atoms with van der Waals surface area (Å²) in [5, 5.41) is 17.4. The zero-order valence-corrected chi connectivity index (χ0v) is 21.2. The van der Waals surface area contributed by atoms with Gasteiger partial charge in [-0.25, -0.2) is 14.4 Å². The first kappa shape index (κ1) is 33.3. The van der Waals surface area contributed by atoms with E-state index in [9.17, 15) is 14.4 Å². The largest absolute Gasteiger partial charge is 0.473 e. The molecule has 0 aliphatic heterocycles. The summed E-state index contributed by atoms with van der Waals surface area (Å²) < 4.78 is 10.4. The molecule has 0 radical (unpaired) electrons. The topological polar surface area (TPSA) is 208 Å². The monoisotopic (exact) mass is 656 g/mol. The van der Waals surface area contributed by atoms with E-state index in [1.165, 1.54) is 6.92 Å². The molecule has 1 rings (SSSR count). The molecule has 1 saturated carbocycles. The Kier molecular flexibility index (Phi) is 18.7. The number of amides is 1. The molecule has 0 heterocycles. The van der Waals surface area contributed by atoms with E-state index in [1.54, 1.807) is 0 Å². The third-order valence-corrected chi connectivity index (χ3v) is 4.76. The fraction of sp³-hybridized carbons (Fsp3) is 0.750. The van der Waals surface area contributed by atoms with Gasteiger partial charge in [-0.1, -0.05) is 26.2 Å². The van der Waals surface area contributed by atoms with E-state index >= 15 is 0 Å². The van der Waals surface area contributed by atoms with Gasteiger partial charge in [0.2, 0.25) is 5.91 Å². The Morgan fingerprint density at radius 1 is 1.00 bits per heavy atom. The van der Waals surface area contributed by atoms with Crippen molar-refractivity contribution in [2.45, 2.75) is 83.0 Å². The van der Waals surface area contributed by atoms with Crippen LogP contribution >= 0.6 is 0 Å². The molecule has 1 aliphatic carbocycles. The summed E-state index contributed by atoms with van der Waals surface area (Å²) in [6.45, 7) is 2.92. The minimum absolute atomic E-state index is 0. The second kappa shape index (κ2) is 18.5. The van der Waals surface area contributed by atoms with E-state index in [0.717, 1.165) is 19.3 Å². The van der Waals surface area contributed by atoms with Crippen LogP contribution in [0.1, 0.15) is 58.8 Å². The molecule has 0 aromatic heterocycles. The van der Waals surface area contributed by atoms with E-state index in [-0.39, 0.29) is 58.2 Å². The van der Waals surface area contributed by atoms with Crippen molar-refractivity contribution in [2.24, 2.45) is 11.5 Å². The Labute approximate surface area is 207 Å². The smallest absolute Gasteiger partial charge is 0.414 e. The normalized spacial score (nSPS) is 20.2. The van der Waals surface area contributed by atoms with Gasteiger partial charge in [-0.2, -0.15) is 0 Å². The third kappa shape index (κ3) is 16.4. The van der Waals surface area contributed by atoms with E-state index in [4.69, 9.17) is 40.7 Å². The van der Waals surface area contributed by atoms with Crippen LogP contribution in [0.25, 0.3) is 0 Å². The van der Waals surface area contributed by atoms with Crippen LogP contribution in [0.15, 0.2) is 0 Å². The van der Waals surface area contributed by atoms with Crippen molar-refractivity contribution >= 4 is 29.6 Å². The van der Waals surface area contributed by atoms with Crippen molar-refractivity contribution in [1.82, 2.24) is 5.32 Å². The number of carboxylic acids is 2. The van der Waals surface area contributed by atoms with Gasteiger partial charge in [0.15, 0.2) is 5.78 Å². The molecule has 0 bridgehead atoms. The molecule has 33 heavy (non-hydrogen) atoms. The molecule has 194 valence electrons. The van der Waals surface area contributed by atoms with E-state index in [2.05, 4.69) is 12.2 Å². The Bertz CT molecular complexity index is 636. The summed E-state index contributed by atoms with van der Waals surface area (Å²) in [6, 6.07) is -0.738. The number of carboxylic acid groups (broad SMARTS) is 2. The van der Waals surface area contributed by atoms with Crippen molar-refractivity contribution in [2.75, 3.05) is 13.2 Å². The zero-order valence-electron chi connectivity index (χ0n) is 18.9.